The van der Waals surface area contributed by atoms with Gasteiger partial charge in [-0.25, -0.2) is 0 Å². The molecule has 20 heavy (non-hydrogen) atoms. The largest absolute Gasteiger partial charge is 0.322 e. The van der Waals surface area contributed by atoms with Crippen LogP contribution in [-0.4, -0.2) is 10.5 Å². The van der Waals surface area contributed by atoms with E-state index in [1.54, 1.807) is 12.1 Å². The van der Waals surface area contributed by atoms with E-state index in [0.29, 0.717) is 9.90 Å². The van der Waals surface area contributed by atoms with Gasteiger partial charge in [-0.15, -0.1) is 11.3 Å². The van der Waals surface area contributed by atoms with Crippen molar-refractivity contribution in [1.29, 1.82) is 0 Å². The van der Waals surface area contributed by atoms with Gasteiger partial charge in [-0.2, -0.15) is 0 Å². The Morgan fingerprint density at radius 3 is 2.65 bits per heavy atom. The molecule has 0 aliphatic carbocycles. The van der Waals surface area contributed by atoms with E-state index in [0.717, 1.165) is 11.4 Å². The zero-order chi connectivity index (χ0) is 13.9. The maximum atomic E-state index is 12.1. The van der Waals surface area contributed by atoms with Gasteiger partial charge in [0.1, 0.15) is 0 Å². The highest BCUT2D eigenvalue weighted by Crippen LogP contribution is 2.25. The van der Waals surface area contributed by atoms with Crippen molar-refractivity contribution in [2.45, 2.75) is 0 Å². The fourth-order valence-electron chi connectivity index (χ4n) is 1.91. The van der Waals surface area contributed by atoms with Crippen LogP contribution >= 0.6 is 22.9 Å². The number of carbonyl (C=O) groups excluding carboxylic acids is 1. The summed E-state index contributed by atoms with van der Waals surface area (Å²) in [6, 6.07) is 12.9. The van der Waals surface area contributed by atoms with Crippen LogP contribution in [0.4, 0.5) is 5.69 Å². The van der Waals surface area contributed by atoms with Crippen LogP contribution in [0.15, 0.2) is 60.2 Å². The standard InChI is InChI=1S/C15H11ClN2OS/c16-11-5-6-12(13(10-11)18-7-1-2-8-18)17-15(19)14-4-3-9-20-14/h1-10H,(H,17,19). The average Bonchev–Trinajstić information content (AvgIpc) is 3.13. The molecule has 0 spiro atoms. The van der Waals surface area contributed by atoms with Crippen LogP contribution in [0.25, 0.3) is 5.69 Å². The highest BCUT2D eigenvalue weighted by atomic mass is 35.5. The number of benzene rings is 1. The highest BCUT2D eigenvalue weighted by molar-refractivity contribution is 7.12. The number of nitrogens with zero attached hydrogens (tertiary/aromatic N) is 1. The molecule has 1 amide bonds. The second-order valence-corrected chi connectivity index (χ2v) is 5.57. The lowest BCUT2D eigenvalue weighted by atomic mass is 10.2. The zero-order valence-corrected chi connectivity index (χ0v) is 12.0. The van der Waals surface area contributed by atoms with Crippen LogP contribution < -0.4 is 5.32 Å². The van der Waals surface area contributed by atoms with Crippen LogP contribution in [0.2, 0.25) is 5.02 Å². The van der Waals surface area contributed by atoms with Gasteiger partial charge in [0.2, 0.25) is 0 Å². The molecule has 0 saturated carbocycles. The van der Waals surface area contributed by atoms with E-state index >= 15 is 0 Å². The maximum Gasteiger partial charge on any atom is 0.265 e. The van der Waals surface area contributed by atoms with E-state index in [1.165, 1.54) is 11.3 Å². The number of amides is 1. The lowest BCUT2D eigenvalue weighted by Gasteiger charge is -2.12. The molecular formula is C15H11ClN2OS. The van der Waals surface area contributed by atoms with Gasteiger partial charge in [0.25, 0.3) is 5.91 Å². The van der Waals surface area contributed by atoms with Gasteiger partial charge >= 0.3 is 0 Å². The number of carbonyl (C=O) groups is 1. The number of anilines is 1. The molecule has 2 aromatic heterocycles. The Balaban J connectivity index is 1.96. The molecule has 0 aliphatic heterocycles. The van der Waals surface area contributed by atoms with Gasteiger partial charge in [0.15, 0.2) is 0 Å². The summed E-state index contributed by atoms with van der Waals surface area (Å²) in [7, 11) is 0. The minimum absolute atomic E-state index is 0.115. The van der Waals surface area contributed by atoms with Gasteiger partial charge in [-0.1, -0.05) is 17.7 Å². The van der Waals surface area contributed by atoms with E-state index in [4.69, 9.17) is 11.6 Å². The number of hydrogen-bond donors (Lipinski definition) is 1. The third-order valence-electron chi connectivity index (χ3n) is 2.84. The molecule has 0 atom stereocenters. The molecule has 0 saturated heterocycles. The van der Waals surface area contributed by atoms with E-state index in [2.05, 4.69) is 5.32 Å². The predicted molar refractivity (Wildman–Crippen MR) is 83.1 cm³/mol. The number of thiophene rings is 1. The minimum atomic E-state index is -0.115. The van der Waals surface area contributed by atoms with Crippen molar-refractivity contribution in [2.75, 3.05) is 5.32 Å². The molecule has 0 aliphatic rings. The summed E-state index contributed by atoms with van der Waals surface area (Å²) >= 11 is 7.46. The first-order valence-corrected chi connectivity index (χ1v) is 7.27. The molecule has 0 fully saturated rings. The summed E-state index contributed by atoms with van der Waals surface area (Å²) in [4.78, 5) is 12.8. The Morgan fingerprint density at radius 1 is 1.15 bits per heavy atom. The predicted octanol–water partition coefficient (Wildman–Crippen LogP) is 4.44. The molecule has 1 N–H and O–H groups in total. The number of halogens is 1. The summed E-state index contributed by atoms with van der Waals surface area (Å²) in [5, 5.41) is 5.43. The molecule has 1 aromatic carbocycles. The zero-order valence-electron chi connectivity index (χ0n) is 10.4. The Labute approximate surface area is 125 Å². The van der Waals surface area contributed by atoms with Crippen LogP contribution in [0.1, 0.15) is 9.67 Å². The normalized spacial score (nSPS) is 10.4. The number of rotatable bonds is 3. The van der Waals surface area contributed by atoms with Crippen LogP contribution in [-0.2, 0) is 0 Å². The molecule has 3 rings (SSSR count). The molecule has 3 nitrogen and oxygen atoms in total. The topological polar surface area (TPSA) is 34.0 Å². The molecule has 3 aromatic rings. The SMILES string of the molecule is O=C(Nc1ccc(Cl)cc1-n1cccc1)c1cccs1. The maximum absolute atomic E-state index is 12.1. The van der Waals surface area contributed by atoms with Gasteiger partial charge in [0, 0.05) is 17.4 Å². The molecule has 100 valence electrons. The fourth-order valence-corrected chi connectivity index (χ4v) is 2.70. The summed E-state index contributed by atoms with van der Waals surface area (Å²) in [5.41, 5.74) is 1.57. The second-order valence-electron chi connectivity index (χ2n) is 4.18. The van der Waals surface area contributed by atoms with Crippen molar-refractivity contribution < 1.29 is 4.79 Å². The Morgan fingerprint density at radius 2 is 1.95 bits per heavy atom. The van der Waals surface area contributed by atoms with Gasteiger partial charge in [-0.3, -0.25) is 4.79 Å². The lowest BCUT2D eigenvalue weighted by molar-refractivity contribution is 0.103. The summed E-state index contributed by atoms with van der Waals surface area (Å²) in [6.45, 7) is 0. The Hall–Kier alpha value is -2.04. The number of aromatic nitrogens is 1. The minimum Gasteiger partial charge on any atom is -0.322 e. The average molecular weight is 303 g/mol. The molecule has 0 bridgehead atoms. The molecule has 0 unspecified atom stereocenters. The van der Waals surface area contributed by atoms with Crippen LogP contribution in [0, 0.1) is 0 Å². The summed E-state index contributed by atoms with van der Waals surface area (Å²) in [6.07, 6.45) is 3.82. The van der Waals surface area contributed by atoms with Crippen molar-refractivity contribution >= 4 is 34.5 Å². The third-order valence-corrected chi connectivity index (χ3v) is 3.94. The smallest absolute Gasteiger partial charge is 0.265 e. The first-order valence-electron chi connectivity index (χ1n) is 6.02. The third kappa shape index (κ3) is 2.61. The summed E-state index contributed by atoms with van der Waals surface area (Å²) < 4.78 is 1.91. The number of nitrogens with one attached hydrogen (secondary N) is 1. The molecule has 0 radical (unpaired) electrons. The van der Waals surface area contributed by atoms with Crippen molar-refractivity contribution in [2.24, 2.45) is 0 Å². The fraction of sp³-hybridized carbons (Fsp3) is 0. The van der Waals surface area contributed by atoms with Crippen LogP contribution in [0.5, 0.6) is 0 Å². The quantitative estimate of drug-likeness (QED) is 0.762. The molecular weight excluding hydrogens is 292 g/mol. The highest BCUT2D eigenvalue weighted by Gasteiger charge is 2.11. The van der Waals surface area contributed by atoms with Gasteiger partial charge in [-0.05, 0) is 41.8 Å². The monoisotopic (exact) mass is 302 g/mol. The van der Waals surface area contributed by atoms with E-state index < -0.39 is 0 Å². The van der Waals surface area contributed by atoms with E-state index in [9.17, 15) is 4.79 Å². The lowest BCUT2D eigenvalue weighted by Crippen LogP contribution is -2.12. The van der Waals surface area contributed by atoms with E-state index in [1.807, 2.05) is 52.7 Å². The second kappa shape index (κ2) is 5.53. The van der Waals surface area contributed by atoms with Crippen molar-refractivity contribution in [3.8, 4) is 5.69 Å². The number of hydrogen-bond acceptors (Lipinski definition) is 2. The van der Waals surface area contributed by atoms with Crippen LogP contribution in [0.3, 0.4) is 0 Å². The van der Waals surface area contributed by atoms with E-state index in [-0.39, 0.29) is 5.91 Å². The molecule has 2 heterocycles. The van der Waals surface area contributed by atoms with Crippen molar-refractivity contribution in [1.82, 2.24) is 4.57 Å². The van der Waals surface area contributed by atoms with Gasteiger partial charge < -0.3 is 9.88 Å². The van der Waals surface area contributed by atoms with Crippen molar-refractivity contribution in [3.63, 3.8) is 0 Å². The van der Waals surface area contributed by atoms with Gasteiger partial charge in [0.05, 0.1) is 16.3 Å². The Bertz CT molecular complexity index is 720. The summed E-state index contributed by atoms with van der Waals surface area (Å²) in [5.74, 6) is -0.115. The molecule has 5 heteroatoms. The first kappa shape index (κ1) is 13.0. The first-order chi connectivity index (χ1) is 9.74. The van der Waals surface area contributed by atoms with Crippen molar-refractivity contribution in [3.05, 3.63) is 70.1 Å². The Kier molecular flexibility index (Phi) is 3.58.